The molecular formula is C16H29F3IN3O2S. The van der Waals surface area contributed by atoms with Crippen molar-refractivity contribution in [1.29, 1.82) is 0 Å². The zero-order valence-electron chi connectivity index (χ0n) is 15.2. The van der Waals surface area contributed by atoms with Crippen LogP contribution in [0.1, 0.15) is 46.0 Å². The van der Waals surface area contributed by atoms with Gasteiger partial charge >= 0.3 is 6.18 Å². The normalized spacial score (nSPS) is 29.3. The number of nitrogens with one attached hydrogen (secondary N) is 2. The summed E-state index contributed by atoms with van der Waals surface area (Å²) >= 11 is 0. The first-order valence-electron chi connectivity index (χ1n) is 8.90. The molecule has 0 aromatic heterocycles. The summed E-state index contributed by atoms with van der Waals surface area (Å²) in [5, 5.41) is 6.41. The summed E-state index contributed by atoms with van der Waals surface area (Å²) < 4.78 is 61.3. The fourth-order valence-corrected chi connectivity index (χ4v) is 5.25. The van der Waals surface area contributed by atoms with Crippen LogP contribution in [0, 0.1) is 11.8 Å². The predicted octanol–water partition coefficient (Wildman–Crippen LogP) is 3.10. The Bertz CT molecular complexity index is 574. The van der Waals surface area contributed by atoms with Crippen LogP contribution in [0.2, 0.25) is 0 Å². The Labute approximate surface area is 170 Å². The Hall–Kier alpha value is -0.260. The van der Waals surface area contributed by atoms with E-state index >= 15 is 0 Å². The Kier molecular flexibility index (Phi) is 8.95. The van der Waals surface area contributed by atoms with Crippen molar-refractivity contribution in [3.05, 3.63) is 0 Å². The van der Waals surface area contributed by atoms with Crippen molar-refractivity contribution < 1.29 is 21.6 Å². The molecule has 1 saturated heterocycles. The van der Waals surface area contributed by atoms with Gasteiger partial charge in [-0.3, -0.25) is 4.99 Å². The van der Waals surface area contributed by atoms with Crippen molar-refractivity contribution in [3.63, 3.8) is 0 Å². The number of nitrogens with zero attached hydrogens (tertiary/aromatic N) is 1. The highest BCUT2D eigenvalue weighted by Gasteiger charge is 2.41. The van der Waals surface area contributed by atoms with Gasteiger partial charge in [-0.05, 0) is 51.9 Å². The van der Waals surface area contributed by atoms with E-state index in [4.69, 9.17) is 0 Å². The molecule has 26 heavy (non-hydrogen) atoms. The highest BCUT2D eigenvalue weighted by Crippen LogP contribution is 2.37. The van der Waals surface area contributed by atoms with Crippen LogP contribution in [0.25, 0.3) is 0 Å². The van der Waals surface area contributed by atoms with E-state index < -0.39 is 21.9 Å². The first-order chi connectivity index (χ1) is 11.5. The fourth-order valence-electron chi connectivity index (χ4n) is 3.40. The molecule has 154 valence electrons. The van der Waals surface area contributed by atoms with E-state index in [1.165, 1.54) is 0 Å². The molecule has 0 aromatic carbocycles. The van der Waals surface area contributed by atoms with Gasteiger partial charge in [-0.25, -0.2) is 8.42 Å². The van der Waals surface area contributed by atoms with E-state index in [1.807, 2.05) is 13.8 Å². The zero-order chi connectivity index (χ0) is 18.7. The standard InChI is InChI=1S/C16H28F3N3O2S.HI/c1-11(2)21-15(20-9-12-7-8-25(23,24)10-12)22-14-5-3-13(4-6-14)16(17,18)19;/h11-14H,3-10H2,1-2H3,(H2,20,21,22);1H. The van der Waals surface area contributed by atoms with Crippen LogP contribution < -0.4 is 10.6 Å². The molecular weight excluding hydrogens is 482 g/mol. The fraction of sp³-hybridized carbons (Fsp3) is 0.938. The van der Waals surface area contributed by atoms with E-state index in [-0.39, 0.29) is 66.3 Å². The number of guanidine groups is 1. The Morgan fingerprint density at radius 3 is 2.23 bits per heavy atom. The van der Waals surface area contributed by atoms with Gasteiger partial charge in [0.15, 0.2) is 15.8 Å². The quantitative estimate of drug-likeness (QED) is 0.346. The third-order valence-corrected chi connectivity index (χ3v) is 6.63. The number of hydrogen-bond acceptors (Lipinski definition) is 3. The third kappa shape index (κ3) is 7.77. The second-order valence-electron chi connectivity index (χ2n) is 7.49. The molecule has 2 fully saturated rings. The molecule has 2 aliphatic rings. The van der Waals surface area contributed by atoms with Crippen molar-refractivity contribution in [1.82, 2.24) is 10.6 Å². The second-order valence-corrected chi connectivity index (χ2v) is 9.72. The third-order valence-electron chi connectivity index (χ3n) is 4.79. The smallest absolute Gasteiger partial charge is 0.354 e. The highest BCUT2D eigenvalue weighted by molar-refractivity contribution is 14.0. The lowest BCUT2D eigenvalue weighted by molar-refractivity contribution is -0.182. The zero-order valence-corrected chi connectivity index (χ0v) is 18.3. The lowest BCUT2D eigenvalue weighted by Gasteiger charge is -2.31. The van der Waals surface area contributed by atoms with Gasteiger partial charge in [-0.1, -0.05) is 0 Å². The topological polar surface area (TPSA) is 70.6 Å². The number of halogens is 4. The van der Waals surface area contributed by atoms with Gasteiger partial charge < -0.3 is 10.6 Å². The minimum atomic E-state index is -4.11. The van der Waals surface area contributed by atoms with E-state index in [1.54, 1.807) is 0 Å². The molecule has 5 nitrogen and oxygen atoms in total. The lowest BCUT2D eigenvalue weighted by atomic mass is 9.85. The van der Waals surface area contributed by atoms with E-state index in [0.29, 0.717) is 31.8 Å². The average Bonchev–Trinajstić information content (AvgIpc) is 2.83. The lowest BCUT2D eigenvalue weighted by Crippen LogP contribution is -2.48. The van der Waals surface area contributed by atoms with Crippen molar-refractivity contribution in [2.75, 3.05) is 18.1 Å². The van der Waals surface area contributed by atoms with E-state index in [0.717, 1.165) is 0 Å². The SMILES string of the molecule is CC(C)NC(=NCC1CCS(=O)(=O)C1)NC1CCC(C(F)(F)F)CC1.I. The average molecular weight is 511 g/mol. The van der Waals surface area contributed by atoms with Gasteiger partial charge in [0.2, 0.25) is 0 Å². The van der Waals surface area contributed by atoms with Crippen molar-refractivity contribution >= 4 is 39.8 Å². The summed E-state index contributed by atoms with van der Waals surface area (Å²) in [4.78, 5) is 4.48. The monoisotopic (exact) mass is 511 g/mol. The van der Waals surface area contributed by atoms with Crippen LogP contribution in [-0.2, 0) is 9.84 Å². The number of alkyl halides is 3. The molecule has 0 aromatic rings. The maximum Gasteiger partial charge on any atom is 0.391 e. The minimum absolute atomic E-state index is 0. The van der Waals surface area contributed by atoms with Crippen LogP contribution in [-0.4, -0.2) is 50.7 Å². The number of aliphatic imine (C=N–C) groups is 1. The summed E-state index contributed by atoms with van der Waals surface area (Å²) in [5.41, 5.74) is 0. The second kappa shape index (κ2) is 9.79. The van der Waals surface area contributed by atoms with E-state index in [9.17, 15) is 21.6 Å². The molecule has 1 unspecified atom stereocenters. The molecule has 1 aliphatic carbocycles. The molecule has 2 N–H and O–H groups in total. The maximum absolute atomic E-state index is 12.8. The molecule has 0 bridgehead atoms. The van der Waals surface area contributed by atoms with Crippen LogP contribution in [0.5, 0.6) is 0 Å². The molecule has 1 saturated carbocycles. The molecule has 0 spiro atoms. The molecule has 1 aliphatic heterocycles. The Balaban J connectivity index is 0.00000338. The molecule has 2 rings (SSSR count). The molecule has 1 heterocycles. The van der Waals surface area contributed by atoms with Crippen LogP contribution >= 0.6 is 24.0 Å². The van der Waals surface area contributed by atoms with Crippen LogP contribution in [0.15, 0.2) is 4.99 Å². The maximum atomic E-state index is 12.8. The summed E-state index contributed by atoms with van der Waals surface area (Å²) in [5.74, 6) is -0.226. The molecule has 0 radical (unpaired) electrons. The first-order valence-corrected chi connectivity index (χ1v) is 10.7. The van der Waals surface area contributed by atoms with Gasteiger partial charge in [0.25, 0.3) is 0 Å². The molecule has 10 heteroatoms. The Morgan fingerprint density at radius 2 is 1.77 bits per heavy atom. The predicted molar refractivity (Wildman–Crippen MR) is 108 cm³/mol. The number of sulfone groups is 1. The van der Waals surface area contributed by atoms with Crippen LogP contribution in [0.3, 0.4) is 0 Å². The van der Waals surface area contributed by atoms with Crippen molar-refractivity contribution in [2.45, 2.75) is 64.2 Å². The molecule has 0 amide bonds. The van der Waals surface area contributed by atoms with Crippen LogP contribution in [0.4, 0.5) is 13.2 Å². The highest BCUT2D eigenvalue weighted by atomic mass is 127. The van der Waals surface area contributed by atoms with Gasteiger partial charge in [0.1, 0.15) is 0 Å². The summed E-state index contributed by atoms with van der Waals surface area (Å²) in [6.45, 7) is 4.33. The van der Waals surface area contributed by atoms with Crippen molar-refractivity contribution in [2.24, 2.45) is 16.8 Å². The Morgan fingerprint density at radius 1 is 1.15 bits per heavy atom. The largest absolute Gasteiger partial charge is 0.391 e. The summed E-state index contributed by atoms with van der Waals surface area (Å²) in [6, 6.07) is 0.0981. The number of rotatable bonds is 4. The molecule has 1 atom stereocenters. The first kappa shape index (κ1) is 23.8. The van der Waals surface area contributed by atoms with Gasteiger partial charge in [-0.2, -0.15) is 13.2 Å². The van der Waals surface area contributed by atoms with Crippen molar-refractivity contribution in [3.8, 4) is 0 Å². The summed E-state index contributed by atoms with van der Waals surface area (Å²) in [7, 11) is -2.93. The summed E-state index contributed by atoms with van der Waals surface area (Å²) in [6.07, 6.45) is -2.29. The van der Waals surface area contributed by atoms with Gasteiger partial charge in [0.05, 0.1) is 17.4 Å². The van der Waals surface area contributed by atoms with E-state index in [2.05, 4.69) is 15.6 Å². The van der Waals surface area contributed by atoms with Gasteiger partial charge in [0, 0.05) is 18.6 Å². The number of hydrogen-bond donors (Lipinski definition) is 2. The van der Waals surface area contributed by atoms with Gasteiger partial charge in [-0.15, -0.1) is 24.0 Å². The minimum Gasteiger partial charge on any atom is -0.354 e.